The molecule has 3 fully saturated rings. The smallest absolute Gasteiger partial charge is 0.188 e. The largest absolute Gasteiger partial charge is 0.394 e. The Bertz CT molecular complexity index is 1850. The molecule has 1 aliphatic carbocycles. The van der Waals surface area contributed by atoms with Crippen LogP contribution in [0.15, 0.2) is 62.2 Å². The number of anilines is 2. The summed E-state index contributed by atoms with van der Waals surface area (Å²) in [4.78, 5) is 26.9. The highest BCUT2D eigenvalue weighted by Gasteiger charge is 2.61. The van der Waals surface area contributed by atoms with Gasteiger partial charge in [0.05, 0.1) is 30.1 Å². The van der Waals surface area contributed by atoms with Crippen LogP contribution in [0.2, 0.25) is 5.02 Å². The molecule has 15 atom stereocenters. The Hall–Kier alpha value is -3.43. The molecule has 6 rings (SSSR count). The van der Waals surface area contributed by atoms with Gasteiger partial charge in [-0.2, -0.15) is 0 Å². The van der Waals surface area contributed by atoms with Crippen LogP contribution in [-0.2, 0) is 23.7 Å². The number of aliphatic imine (C=N–C) groups is 2. The lowest BCUT2D eigenvalue weighted by atomic mass is 9.81. The van der Waals surface area contributed by atoms with Crippen molar-refractivity contribution in [2.75, 3.05) is 45.7 Å². The molecule has 0 aromatic heterocycles. The summed E-state index contributed by atoms with van der Waals surface area (Å²) < 4.78 is 22.9. The van der Waals surface area contributed by atoms with Gasteiger partial charge in [-0.3, -0.25) is 4.79 Å². The maximum Gasteiger partial charge on any atom is 0.188 e. The van der Waals surface area contributed by atoms with Crippen molar-refractivity contribution in [2.24, 2.45) is 32.9 Å². The number of likely N-dealkylation sites (N-methyl/N-ethyl adjacent to an activating group) is 1. The SMILES string of the molecule is CN(C)CCCN1c2ccccc2Sc2ccc(Cl)cc21.CN[C@@H]1[C@H](O[C@H]2[C@H](O[C@H]3[C@H](O)[C@@H](O)[C@H](N=C(N)N)[C@@H](O)[C@@H]3N=C(N)N)O[C@@H](C)[C@]2(O)C=O)O[C@@H](CO)[C@H](O)[C@H]1O. The van der Waals surface area contributed by atoms with Gasteiger partial charge in [-0.15, -0.1) is 0 Å². The van der Waals surface area contributed by atoms with Crippen LogP contribution in [0.1, 0.15) is 13.3 Å². The van der Waals surface area contributed by atoms with Crippen molar-refractivity contribution >= 4 is 52.9 Å². The molecule has 1 saturated carbocycles. The Kier molecular flexibility index (Phi) is 16.6. The van der Waals surface area contributed by atoms with Gasteiger partial charge in [0.25, 0.3) is 0 Å². The van der Waals surface area contributed by atoms with Crippen molar-refractivity contribution in [3.8, 4) is 0 Å². The van der Waals surface area contributed by atoms with E-state index in [1.54, 1.807) is 0 Å². The number of hydrogen-bond donors (Lipinski definition) is 12. The van der Waals surface area contributed by atoms with Gasteiger partial charge in [0.15, 0.2) is 36.4 Å². The summed E-state index contributed by atoms with van der Waals surface area (Å²) in [6, 6.07) is 10.7. The summed E-state index contributed by atoms with van der Waals surface area (Å²) in [5.74, 6) is -1.03. The zero-order valence-electron chi connectivity index (χ0n) is 34.1. The number of aliphatic hydroxyl groups is 7. The molecule has 3 heterocycles. The van der Waals surface area contributed by atoms with Crippen molar-refractivity contribution in [1.82, 2.24) is 10.2 Å². The van der Waals surface area contributed by atoms with Crippen LogP contribution in [0, 0.1) is 0 Å². The zero-order chi connectivity index (χ0) is 44.9. The molecule has 21 nitrogen and oxygen atoms in total. The minimum atomic E-state index is -2.38. The third-order valence-electron chi connectivity index (χ3n) is 10.9. The second-order valence-corrected chi connectivity index (χ2v) is 16.9. The highest BCUT2D eigenvalue weighted by atomic mass is 35.5. The van der Waals surface area contributed by atoms with Crippen LogP contribution in [0.4, 0.5) is 11.4 Å². The van der Waals surface area contributed by atoms with Crippen molar-refractivity contribution in [3.63, 3.8) is 0 Å². The number of aldehydes is 1. The van der Waals surface area contributed by atoms with Crippen molar-refractivity contribution in [2.45, 2.75) is 114 Å². The minimum Gasteiger partial charge on any atom is -0.394 e. The summed E-state index contributed by atoms with van der Waals surface area (Å²) >= 11 is 8.03. The molecule has 2 saturated heterocycles. The summed E-state index contributed by atoms with van der Waals surface area (Å²) in [6.45, 7) is 2.71. The first-order valence-corrected chi connectivity index (χ1v) is 20.7. The molecule has 0 bridgehead atoms. The fourth-order valence-electron chi connectivity index (χ4n) is 7.67. The normalized spacial score (nSPS) is 35.7. The predicted molar refractivity (Wildman–Crippen MR) is 225 cm³/mol. The van der Waals surface area contributed by atoms with E-state index in [2.05, 4.69) is 75.6 Å². The molecular weight excluding hydrogens is 842 g/mol. The van der Waals surface area contributed by atoms with E-state index >= 15 is 0 Å². The van der Waals surface area contributed by atoms with E-state index in [-0.39, 0.29) is 6.29 Å². The summed E-state index contributed by atoms with van der Waals surface area (Å²) in [5.41, 5.74) is 21.9. The standard InChI is InChI=1S/C21H39N7O12.C17H19ClN2S/c1-5-21(36,4-30)16(40-17-9(26-2)13(34)10(31)6(3-29)38-17)18(37-5)39-15-8(28-20(24)25)11(32)7(27-19(22)23)12(33)14(15)35;1-19(2)10-5-11-20-14-6-3-4-7-16(14)21-17-9-8-13(18)12-15(17)20/h4-18,26,29,31-36H,3H2,1-2H3,(H4,22,23,27)(H4,24,25,28);3-4,6-9,12H,5,10-11H2,1-2H3/t5-,6-,7+,8-,9-,10-,11+,12-,13-,14+,15+,16-,17-,18-,21+;/m0./s1. The van der Waals surface area contributed by atoms with Crippen molar-refractivity contribution in [3.05, 3.63) is 47.5 Å². The number of guanidine groups is 2. The van der Waals surface area contributed by atoms with E-state index < -0.39 is 110 Å². The molecule has 16 N–H and O–H groups in total. The second kappa shape index (κ2) is 20.8. The maximum absolute atomic E-state index is 12.1. The fourth-order valence-corrected chi connectivity index (χ4v) is 8.91. The Labute approximate surface area is 362 Å². The van der Waals surface area contributed by atoms with E-state index in [0.717, 1.165) is 24.5 Å². The van der Waals surface area contributed by atoms with Crippen LogP contribution in [-0.4, -0.2) is 191 Å². The van der Waals surface area contributed by atoms with E-state index in [9.17, 15) is 40.5 Å². The summed E-state index contributed by atoms with van der Waals surface area (Å²) in [7, 11) is 5.65. The number of hydrogen-bond acceptors (Lipinski definition) is 18. The average molecular weight is 900 g/mol. The highest BCUT2D eigenvalue weighted by Crippen LogP contribution is 2.48. The predicted octanol–water partition coefficient (Wildman–Crippen LogP) is -3.27. The Morgan fingerprint density at radius 3 is 2.20 bits per heavy atom. The summed E-state index contributed by atoms with van der Waals surface area (Å²) in [6.07, 6.45) is -16.2. The number of nitrogens with one attached hydrogen (secondary N) is 1. The monoisotopic (exact) mass is 899 g/mol. The summed E-state index contributed by atoms with van der Waals surface area (Å²) in [5, 5.41) is 77.4. The third-order valence-corrected chi connectivity index (χ3v) is 12.3. The number of carbonyl (C=O) groups excluding carboxylic acids is 1. The number of nitrogens with zero attached hydrogens (tertiary/aromatic N) is 4. The van der Waals surface area contributed by atoms with Crippen LogP contribution in [0.25, 0.3) is 0 Å². The Morgan fingerprint density at radius 1 is 0.918 bits per heavy atom. The van der Waals surface area contributed by atoms with Gasteiger partial charge in [0.1, 0.15) is 60.9 Å². The first-order chi connectivity index (χ1) is 28.9. The number of ether oxygens (including phenoxy) is 4. The first kappa shape index (κ1) is 48.6. The van der Waals surface area contributed by atoms with Crippen molar-refractivity contribution in [1.29, 1.82) is 0 Å². The number of rotatable bonds is 13. The third kappa shape index (κ3) is 10.7. The number of para-hydroxylation sites is 1. The Morgan fingerprint density at radius 2 is 1.57 bits per heavy atom. The highest BCUT2D eigenvalue weighted by molar-refractivity contribution is 7.99. The maximum atomic E-state index is 12.1. The molecule has 23 heteroatoms. The molecular formula is C38H58ClN9O12S. The fraction of sp³-hybridized carbons (Fsp3) is 0.605. The van der Waals surface area contributed by atoms with Gasteiger partial charge in [-0.1, -0.05) is 35.5 Å². The Balaban J connectivity index is 0.000000279. The minimum absolute atomic E-state index is 0.140. The average Bonchev–Trinajstić information content (AvgIpc) is 3.45. The van der Waals surface area contributed by atoms with Crippen LogP contribution < -0.4 is 33.2 Å². The molecule has 4 aliphatic rings. The van der Waals surface area contributed by atoms with Crippen molar-refractivity contribution < 1.29 is 59.5 Å². The van der Waals surface area contributed by atoms with Crippen LogP contribution >= 0.6 is 23.4 Å². The zero-order valence-corrected chi connectivity index (χ0v) is 35.7. The van der Waals surface area contributed by atoms with E-state index in [1.165, 1.54) is 35.1 Å². The first-order valence-electron chi connectivity index (χ1n) is 19.5. The molecule has 0 unspecified atom stereocenters. The lowest BCUT2D eigenvalue weighted by molar-refractivity contribution is -0.314. The molecule has 2 aromatic rings. The molecule has 3 aliphatic heterocycles. The molecule has 0 amide bonds. The lowest BCUT2D eigenvalue weighted by Crippen LogP contribution is -2.66. The van der Waals surface area contributed by atoms with Gasteiger partial charge in [0.2, 0.25) is 0 Å². The second-order valence-electron chi connectivity index (χ2n) is 15.4. The quantitative estimate of drug-likeness (QED) is 0.0533. The van der Waals surface area contributed by atoms with Crippen LogP contribution in [0.3, 0.4) is 0 Å². The van der Waals surface area contributed by atoms with Crippen LogP contribution in [0.5, 0.6) is 0 Å². The lowest BCUT2D eigenvalue weighted by Gasteiger charge is -2.45. The number of halogens is 1. The van der Waals surface area contributed by atoms with E-state index in [0.29, 0.717) is 0 Å². The topological polar surface area (TPSA) is 343 Å². The number of fused-ring (bicyclic) bond motifs is 2. The van der Waals surface area contributed by atoms with Gasteiger partial charge in [-0.05, 0) is 71.4 Å². The number of aliphatic hydroxyl groups excluding tert-OH is 6. The molecule has 0 radical (unpaired) electrons. The molecule has 340 valence electrons. The van der Waals surface area contributed by atoms with Gasteiger partial charge < -0.3 is 92.7 Å². The number of nitrogens with two attached hydrogens (primary N) is 4. The van der Waals surface area contributed by atoms with Gasteiger partial charge >= 0.3 is 0 Å². The molecule has 2 aromatic carbocycles. The van der Waals surface area contributed by atoms with E-state index in [1.807, 2.05) is 17.8 Å². The molecule has 0 spiro atoms. The number of carbonyl (C=O) groups is 1. The van der Waals surface area contributed by atoms with E-state index in [4.69, 9.17) is 53.5 Å². The number of benzene rings is 2. The van der Waals surface area contributed by atoms with Gasteiger partial charge in [0, 0.05) is 21.4 Å². The molecule has 61 heavy (non-hydrogen) atoms. The van der Waals surface area contributed by atoms with Gasteiger partial charge in [-0.25, -0.2) is 9.98 Å².